The largest absolute Gasteiger partial charge is 0.383 e. The molecule has 2 aromatic carbocycles. The van der Waals surface area contributed by atoms with Crippen LogP contribution < -0.4 is 0 Å². The van der Waals surface area contributed by atoms with E-state index in [1.54, 1.807) is 7.11 Å². The predicted octanol–water partition coefficient (Wildman–Crippen LogP) is 2.99. The molecule has 0 radical (unpaired) electrons. The topological polar surface area (TPSA) is 15.7 Å². The second kappa shape index (κ2) is 7.23. The molecule has 0 saturated carbocycles. The summed E-state index contributed by atoms with van der Waals surface area (Å²) in [4.78, 5) is 5.10. The zero-order valence-electron chi connectivity index (χ0n) is 13.7. The van der Waals surface area contributed by atoms with E-state index in [1.165, 1.54) is 16.3 Å². The van der Waals surface area contributed by atoms with Gasteiger partial charge in [-0.15, -0.1) is 0 Å². The van der Waals surface area contributed by atoms with Gasteiger partial charge in [0.15, 0.2) is 0 Å². The van der Waals surface area contributed by atoms with Crippen LogP contribution in [0.15, 0.2) is 42.5 Å². The van der Waals surface area contributed by atoms with Gasteiger partial charge >= 0.3 is 0 Å². The van der Waals surface area contributed by atoms with Gasteiger partial charge in [0, 0.05) is 45.9 Å². The minimum atomic E-state index is 0.518. The van der Waals surface area contributed by atoms with Gasteiger partial charge in [0.1, 0.15) is 0 Å². The van der Waals surface area contributed by atoms with Crippen LogP contribution in [0.4, 0.5) is 0 Å². The van der Waals surface area contributed by atoms with Crippen LogP contribution in [-0.4, -0.2) is 55.7 Å². The molecule has 1 saturated heterocycles. The normalized spacial score (nSPS) is 18.6. The van der Waals surface area contributed by atoms with Crippen LogP contribution in [0.2, 0.25) is 0 Å². The molecule has 0 unspecified atom stereocenters. The Hall–Kier alpha value is -1.42. The lowest BCUT2D eigenvalue weighted by Crippen LogP contribution is -2.50. The van der Waals surface area contributed by atoms with E-state index < -0.39 is 0 Å². The molecule has 0 bridgehead atoms. The minimum Gasteiger partial charge on any atom is -0.383 e. The van der Waals surface area contributed by atoms with Crippen molar-refractivity contribution in [3.05, 3.63) is 48.0 Å². The third kappa shape index (κ3) is 3.49. The van der Waals surface area contributed by atoms with Gasteiger partial charge in [0.25, 0.3) is 0 Å². The fourth-order valence-electron chi connectivity index (χ4n) is 3.38. The summed E-state index contributed by atoms with van der Waals surface area (Å²) in [5, 5.41) is 2.73. The summed E-state index contributed by atoms with van der Waals surface area (Å²) >= 11 is 0. The van der Waals surface area contributed by atoms with Crippen molar-refractivity contribution in [2.45, 2.75) is 19.5 Å². The Morgan fingerprint density at radius 3 is 2.50 bits per heavy atom. The fourth-order valence-corrected chi connectivity index (χ4v) is 3.38. The van der Waals surface area contributed by atoms with Crippen LogP contribution in [0.3, 0.4) is 0 Å². The first kappa shape index (κ1) is 15.5. The molecule has 118 valence electrons. The lowest BCUT2D eigenvalue weighted by Gasteiger charge is -2.38. The third-order valence-electron chi connectivity index (χ3n) is 4.71. The minimum absolute atomic E-state index is 0.518. The van der Waals surface area contributed by atoms with Crippen molar-refractivity contribution in [3.63, 3.8) is 0 Å². The van der Waals surface area contributed by atoms with Crippen LogP contribution >= 0.6 is 0 Å². The Bertz CT molecular complexity index is 600. The van der Waals surface area contributed by atoms with Crippen LogP contribution in [0, 0.1) is 0 Å². The summed E-state index contributed by atoms with van der Waals surface area (Å²) < 4.78 is 5.27. The molecule has 1 aliphatic rings. The molecule has 0 amide bonds. The molecule has 0 spiro atoms. The highest BCUT2D eigenvalue weighted by Gasteiger charge is 2.21. The molecule has 1 atom stereocenters. The van der Waals surface area contributed by atoms with Crippen molar-refractivity contribution in [3.8, 4) is 0 Å². The van der Waals surface area contributed by atoms with Crippen LogP contribution in [0.1, 0.15) is 12.5 Å². The summed E-state index contributed by atoms with van der Waals surface area (Å²) in [5.41, 5.74) is 1.44. The van der Waals surface area contributed by atoms with E-state index in [1.807, 2.05) is 0 Å². The van der Waals surface area contributed by atoms with E-state index in [4.69, 9.17) is 4.74 Å². The van der Waals surface area contributed by atoms with Crippen molar-refractivity contribution in [1.82, 2.24) is 9.80 Å². The Labute approximate surface area is 133 Å². The zero-order valence-corrected chi connectivity index (χ0v) is 13.7. The van der Waals surface area contributed by atoms with Gasteiger partial charge in [0.05, 0.1) is 6.61 Å². The highest BCUT2D eigenvalue weighted by molar-refractivity contribution is 5.85. The average Bonchev–Trinajstić information content (AvgIpc) is 2.56. The standard InChI is InChI=1S/C19H26N2O/c1-16(15-22-2)21-12-10-20(11-13-21)14-18-8-5-7-17-6-3-4-9-19(17)18/h3-9,16H,10-15H2,1-2H3/t16-/m1/s1. The highest BCUT2D eigenvalue weighted by atomic mass is 16.5. The number of hydrogen-bond donors (Lipinski definition) is 0. The molecular weight excluding hydrogens is 272 g/mol. The summed E-state index contributed by atoms with van der Waals surface area (Å²) in [5.74, 6) is 0. The van der Waals surface area contributed by atoms with Crippen LogP contribution in [-0.2, 0) is 11.3 Å². The van der Waals surface area contributed by atoms with Gasteiger partial charge in [-0.3, -0.25) is 9.80 Å². The molecule has 1 fully saturated rings. The van der Waals surface area contributed by atoms with Gasteiger partial charge in [-0.2, -0.15) is 0 Å². The molecule has 3 rings (SSSR count). The number of hydrogen-bond acceptors (Lipinski definition) is 3. The zero-order chi connectivity index (χ0) is 15.4. The SMILES string of the molecule is COC[C@@H](C)N1CCN(Cc2cccc3ccccc23)CC1. The van der Waals surface area contributed by atoms with Crippen molar-refractivity contribution < 1.29 is 4.74 Å². The number of nitrogens with zero attached hydrogens (tertiary/aromatic N) is 2. The van der Waals surface area contributed by atoms with Crippen LogP contribution in [0.25, 0.3) is 10.8 Å². The first-order valence-corrected chi connectivity index (χ1v) is 8.20. The summed E-state index contributed by atoms with van der Waals surface area (Å²) in [6.07, 6.45) is 0. The Morgan fingerprint density at radius 1 is 1.00 bits per heavy atom. The van der Waals surface area contributed by atoms with Gasteiger partial charge in [0.2, 0.25) is 0 Å². The number of rotatable bonds is 5. The van der Waals surface area contributed by atoms with Gasteiger partial charge < -0.3 is 4.74 Å². The van der Waals surface area contributed by atoms with E-state index in [9.17, 15) is 0 Å². The molecule has 0 aromatic heterocycles. The molecule has 3 heteroatoms. The highest BCUT2D eigenvalue weighted by Crippen LogP contribution is 2.20. The fraction of sp³-hybridized carbons (Fsp3) is 0.474. The number of ether oxygens (including phenoxy) is 1. The van der Waals surface area contributed by atoms with Crippen molar-refractivity contribution in [1.29, 1.82) is 0 Å². The third-order valence-corrected chi connectivity index (χ3v) is 4.71. The molecule has 0 aliphatic carbocycles. The summed E-state index contributed by atoms with van der Waals surface area (Å²) in [7, 11) is 1.78. The summed E-state index contributed by atoms with van der Waals surface area (Å²) in [6.45, 7) is 8.67. The van der Waals surface area contributed by atoms with E-state index >= 15 is 0 Å². The van der Waals surface area contributed by atoms with Gasteiger partial charge in [-0.25, -0.2) is 0 Å². The smallest absolute Gasteiger partial charge is 0.0615 e. The van der Waals surface area contributed by atoms with Crippen molar-refractivity contribution >= 4 is 10.8 Å². The number of fused-ring (bicyclic) bond motifs is 1. The van der Waals surface area contributed by atoms with Gasteiger partial charge in [-0.1, -0.05) is 42.5 Å². The summed E-state index contributed by atoms with van der Waals surface area (Å²) in [6, 6.07) is 15.8. The molecule has 2 aromatic rings. The predicted molar refractivity (Wildman–Crippen MR) is 92.1 cm³/mol. The second-order valence-electron chi connectivity index (χ2n) is 6.25. The Kier molecular flexibility index (Phi) is 5.08. The molecule has 1 aliphatic heterocycles. The average molecular weight is 298 g/mol. The lowest BCUT2D eigenvalue weighted by atomic mass is 10.0. The maximum absolute atomic E-state index is 5.27. The molecular formula is C19H26N2O. The van der Waals surface area contributed by atoms with Crippen molar-refractivity contribution in [2.24, 2.45) is 0 Å². The van der Waals surface area contributed by atoms with Crippen molar-refractivity contribution in [2.75, 3.05) is 39.9 Å². The lowest BCUT2D eigenvalue weighted by molar-refractivity contribution is 0.0551. The number of piperazine rings is 1. The first-order chi connectivity index (χ1) is 10.8. The van der Waals surface area contributed by atoms with E-state index in [-0.39, 0.29) is 0 Å². The van der Waals surface area contributed by atoms with E-state index in [2.05, 4.69) is 59.2 Å². The second-order valence-corrected chi connectivity index (χ2v) is 6.25. The molecule has 1 heterocycles. The first-order valence-electron chi connectivity index (χ1n) is 8.20. The monoisotopic (exact) mass is 298 g/mol. The maximum atomic E-state index is 5.27. The number of methoxy groups -OCH3 is 1. The molecule has 22 heavy (non-hydrogen) atoms. The number of benzene rings is 2. The van der Waals surface area contributed by atoms with E-state index in [0.29, 0.717) is 6.04 Å². The molecule has 0 N–H and O–H groups in total. The quantitative estimate of drug-likeness (QED) is 0.844. The van der Waals surface area contributed by atoms with Crippen LogP contribution in [0.5, 0.6) is 0 Å². The maximum Gasteiger partial charge on any atom is 0.0615 e. The van der Waals surface area contributed by atoms with E-state index in [0.717, 1.165) is 39.3 Å². The van der Waals surface area contributed by atoms with Gasteiger partial charge in [-0.05, 0) is 23.3 Å². The Morgan fingerprint density at radius 2 is 1.73 bits per heavy atom. The molecule has 3 nitrogen and oxygen atoms in total. The Balaban J connectivity index is 1.63.